The molecule has 1 saturated heterocycles. The molecule has 2 aromatic heterocycles. The van der Waals surface area contributed by atoms with Gasteiger partial charge in [0.2, 0.25) is 5.91 Å². The number of fused-ring (bicyclic) bond motifs is 1. The van der Waals surface area contributed by atoms with Crippen molar-refractivity contribution >= 4 is 11.4 Å². The van der Waals surface area contributed by atoms with Crippen molar-refractivity contribution in [3.63, 3.8) is 0 Å². The molecule has 0 unspecified atom stereocenters. The summed E-state index contributed by atoms with van der Waals surface area (Å²) in [5, 5.41) is 14.7. The molecule has 1 fully saturated rings. The van der Waals surface area contributed by atoms with Gasteiger partial charge in [-0.1, -0.05) is 12.5 Å². The third kappa shape index (κ3) is 4.00. The van der Waals surface area contributed by atoms with Crippen molar-refractivity contribution in [1.82, 2.24) is 14.5 Å². The number of β-amino-alcohol motifs (C(OH)–C–C–N with tert-alkyl or cyclic N) is 1. The van der Waals surface area contributed by atoms with Crippen molar-refractivity contribution in [2.75, 3.05) is 19.6 Å². The van der Waals surface area contributed by atoms with E-state index in [-0.39, 0.29) is 11.8 Å². The van der Waals surface area contributed by atoms with Crippen LogP contribution in [0.15, 0.2) is 30.6 Å². The number of likely N-dealkylation sites (tertiary alicyclic amines) is 1. The second kappa shape index (κ2) is 7.95. The number of aliphatic hydroxyl groups excluding tert-OH is 1. The molecule has 0 bridgehead atoms. The quantitative estimate of drug-likeness (QED) is 0.619. The van der Waals surface area contributed by atoms with Gasteiger partial charge in [0.1, 0.15) is 0 Å². The smallest absolute Gasteiger partial charge is 0.239 e. The Labute approximate surface area is 147 Å². The summed E-state index contributed by atoms with van der Waals surface area (Å²) in [7, 11) is 0. The molecule has 136 valence electrons. The number of aliphatic hydroxyl groups is 1. The van der Waals surface area contributed by atoms with Crippen LogP contribution in [0.2, 0.25) is 0 Å². The van der Waals surface area contributed by atoms with Gasteiger partial charge in [0.15, 0.2) is 0 Å². The third-order valence-corrected chi connectivity index (χ3v) is 5.01. The molecular formula is C18H27N5O2. The van der Waals surface area contributed by atoms with Gasteiger partial charge in [0.05, 0.1) is 17.7 Å². The fourth-order valence-corrected chi connectivity index (χ4v) is 3.57. The van der Waals surface area contributed by atoms with E-state index in [0.717, 1.165) is 23.9 Å². The van der Waals surface area contributed by atoms with Crippen LogP contribution >= 0.6 is 0 Å². The number of amides is 1. The number of unbranched alkanes of at least 4 members (excludes halogenated alkanes) is 1. The lowest BCUT2D eigenvalue weighted by Gasteiger charge is -2.20. The molecule has 3 rings (SSSR count). The van der Waals surface area contributed by atoms with Crippen LogP contribution < -0.4 is 11.5 Å². The van der Waals surface area contributed by atoms with E-state index in [1.54, 1.807) is 11.1 Å². The largest absolute Gasteiger partial charge is 0.391 e. The van der Waals surface area contributed by atoms with E-state index in [1.165, 1.54) is 0 Å². The number of rotatable bonds is 7. The summed E-state index contributed by atoms with van der Waals surface area (Å²) >= 11 is 0. The zero-order valence-corrected chi connectivity index (χ0v) is 14.4. The lowest BCUT2D eigenvalue weighted by molar-refractivity contribution is -0.132. The lowest BCUT2D eigenvalue weighted by Crippen LogP contribution is -2.43. The molecule has 0 spiro atoms. The SMILES string of the molecule is NCCCC[C@H](N)C(=O)N1C[C@H](Cc2cccn3nccc23)[C@H](O)C1. The van der Waals surface area contributed by atoms with Gasteiger partial charge in [-0.25, -0.2) is 4.52 Å². The standard InChI is InChI=1S/C18H27N5O2/c19-7-2-1-5-15(20)18(25)22-11-14(17(24)12-22)10-13-4-3-9-23-16(13)6-8-21-23/h3-4,6,8-9,14-15,17,24H,1-2,5,7,10-12,19-20H2/t14-,15-,17+/m0/s1. The van der Waals surface area contributed by atoms with E-state index < -0.39 is 12.1 Å². The molecule has 1 aliphatic heterocycles. The Bertz CT molecular complexity index is 716. The Morgan fingerprint density at radius 2 is 2.20 bits per heavy atom. The van der Waals surface area contributed by atoms with E-state index >= 15 is 0 Å². The van der Waals surface area contributed by atoms with Crippen LogP contribution in [0.5, 0.6) is 0 Å². The van der Waals surface area contributed by atoms with Crippen molar-refractivity contribution in [2.24, 2.45) is 17.4 Å². The molecule has 1 amide bonds. The van der Waals surface area contributed by atoms with Gasteiger partial charge in [-0.3, -0.25) is 4.79 Å². The molecular weight excluding hydrogens is 318 g/mol. The number of carbonyl (C=O) groups excluding carboxylic acids is 1. The van der Waals surface area contributed by atoms with Crippen LogP contribution in [0.25, 0.3) is 5.52 Å². The van der Waals surface area contributed by atoms with Crippen molar-refractivity contribution in [1.29, 1.82) is 0 Å². The summed E-state index contributed by atoms with van der Waals surface area (Å²) in [6.07, 6.45) is 6.23. The average Bonchev–Trinajstić information content (AvgIpc) is 3.22. The first-order valence-electron chi connectivity index (χ1n) is 8.94. The first kappa shape index (κ1) is 17.8. The topological polar surface area (TPSA) is 110 Å². The number of nitrogens with zero attached hydrogens (tertiary/aromatic N) is 3. The fourth-order valence-electron chi connectivity index (χ4n) is 3.57. The fraction of sp³-hybridized carbons (Fsp3) is 0.556. The zero-order chi connectivity index (χ0) is 17.8. The minimum absolute atomic E-state index is 0.0151. The Morgan fingerprint density at radius 1 is 1.36 bits per heavy atom. The van der Waals surface area contributed by atoms with Gasteiger partial charge < -0.3 is 21.5 Å². The Kier molecular flexibility index (Phi) is 5.67. The van der Waals surface area contributed by atoms with Gasteiger partial charge in [-0.05, 0) is 43.5 Å². The maximum absolute atomic E-state index is 12.5. The normalized spacial score (nSPS) is 21.8. The second-order valence-electron chi connectivity index (χ2n) is 6.86. The molecule has 7 heteroatoms. The molecule has 0 radical (unpaired) electrons. The van der Waals surface area contributed by atoms with Crippen molar-refractivity contribution in [2.45, 2.75) is 37.8 Å². The highest BCUT2D eigenvalue weighted by Gasteiger charge is 2.35. The van der Waals surface area contributed by atoms with E-state index in [9.17, 15) is 9.90 Å². The van der Waals surface area contributed by atoms with Crippen LogP contribution in [0.3, 0.4) is 0 Å². The van der Waals surface area contributed by atoms with Crippen molar-refractivity contribution < 1.29 is 9.90 Å². The highest BCUT2D eigenvalue weighted by Crippen LogP contribution is 2.24. The molecule has 3 atom stereocenters. The van der Waals surface area contributed by atoms with E-state index in [2.05, 4.69) is 5.10 Å². The van der Waals surface area contributed by atoms with Gasteiger partial charge in [0, 0.05) is 31.4 Å². The molecule has 0 saturated carbocycles. The summed E-state index contributed by atoms with van der Waals surface area (Å²) < 4.78 is 1.83. The minimum Gasteiger partial charge on any atom is -0.391 e. The molecule has 25 heavy (non-hydrogen) atoms. The Morgan fingerprint density at radius 3 is 3.00 bits per heavy atom. The van der Waals surface area contributed by atoms with E-state index in [1.807, 2.05) is 28.9 Å². The number of aromatic nitrogens is 2. The number of hydrogen-bond donors (Lipinski definition) is 3. The molecule has 2 aromatic rings. The first-order chi connectivity index (χ1) is 12.1. The maximum Gasteiger partial charge on any atom is 0.239 e. The van der Waals surface area contributed by atoms with Crippen LogP contribution in [-0.2, 0) is 11.2 Å². The molecule has 3 heterocycles. The molecule has 7 nitrogen and oxygen atoms in total. The van der Waals surface area contributed by atoms with Gasteiger partial charge in [-0.15, -0.1) is 0 Å². The highest BCUT2D eigenvalue weighted by atomic mass is 16.3. The minimum atomic E-state index is -0.525. The third-order valence-electron chi connectivity index (χ3n) is 5.01. The van der Waals surface area contributed by atoms with E-state index in [4.69, 9.17) is 11.5 Å². The van der Waals surface area contributed by atoms with Gasteiger partial charge in [-0.2, -0.15) is 5.10 Å². The molecule has 1 aliphatic rings. The lowest BCUT2D eigenvalue weighted by atomic mass is 9.96. The monoisotopic (exact) mass is 345 g/mol. The van der Waals surface area contributed by atoms with Crippen LogP contribution in [0, 0.1) is 5.92 Å². The summed E-state index contributed by atoms with van der Waals surface area (Å²) in [6, 6.07) is 5.46. The number of nitrogens with two attached hydrogens (primary N) is 2. The van der Waals surface area contributed by atoms with Crippen LogP contribution in [-0.4, -0.2) is 57.3 Å². The summed E-state index contributed by atoms with van der Waals surface area (Å²) in [5.74, 6) is -0.0533. The average molecular weight is 345 g/mol. The second-order valence-corrected chi connectivity index (χ2v) is 6.86. The zero-order valence-electron chi connectivity index (χ0n) is 14.4. The van der Waals surface area contributed by atoms with Gasteiger partial charge in [0.25, 0.3) is 0 Å². The highest BCUT2D eigenvalue weighted by molar-refractivity contribution is 5.82. The number of hydrogen-bond acceptors (Lipinski definition) is 5. The van der Waals surface area contributed by atoms with Crippen LogP contribution in [0.4, 0.5) is 0 Å². The first-order valence-corrected chi connectivity index (χ1v) is 8.94. The van der Waals surface area contributed by atoms with Gasteiger partial charge >= 0.3 is 0 Å². The number of pyridine rings is 1. The number of carbonyl (C=O) groups is 1. The predicted molar refractivity (Wildman–Crippen MR) is 95.9 cm³/mol. The van der Waals surface area contributed by atoms with Crippen LogP contribution in [0.1, 0.15) is 24.8 Å². The maximum atomic E-state index is 12.5. The summed E-state index contributed by atoms with van der Waals surface area (Å²) in [4.78, 5) is 14.2. The molecule has 0 aliphatic carbocycles. The Balaban J connectivity index is 1.61. The molecule has 5 N–H and O–H groups in total. The van der Waals surface area contributed by atoms with E-state index in [0.29, 0.717) is 32.5 Å². The van der Waals surface area contributed by atoms with Crippen molar-refractivity contribution in [3.8, 4) is 0 Å². The Hall–Kier alpha value is -1.96. The van der Waals surface area contributed by atoms with Crippen molar-refractivity contribution in [3.05, 3.63) is 36.2 Å². The predicted octanol–water partition coefficient (Wildman–Crippen LogP) is 0.152. The summed E-state index contributed by atoms with van der Waals surface area (Å²) in [6.45, 7) is 1.52. The summed E-state index contributed by atoms with van der Waals surface area (Å²) in [5.41, 5.74) is 13.7. The molecule has 0 aromatic carbocycles.